The van der Waals surface area contributed by atoms with Gasteiger partial charge in [0.15, 0.2) is 6.00 Å². The molecule has 0 rings (SSSR count). The molecule has 290 valence electrons. The Morgan fingerprint density at radius 3 is 0.542 bits per heavy atom. The third kappa shape index (κ3) is 39.0. The number of rotatable bonds is 43. The minimum Gasteiger partial charge on any atom is -0.313 e. The molecular weight excluding hydrogens is 602 g/mol. The molecule has 2 heteroatoms. The summed E-state index contributed by atoms with van der Waals surface area (Å²) >= 11 is 6.46. The molecule has 0 fully saturated rings. The van der Waals surface area contributed by atoms with Crippen molar-refractivity contribution in [2.75, 3.05) is 26.1 Å². The Balaban J connectivity index is 3.34. The van der Waals surface area contributed by atoms with Gasteiger partial charge in [0, 0.05) is 0 Å². The zero-order chi connectivity index (χ0) is 34.9. The van der Waals surface area contributed by atoms with E-state index in [9.17, 15) is 0 Å². The molecule has 0 saturated heterocycles. The van der Waals surface area contributed by atoms with E-state index < -0.39 is 0 Å². The summed E-state index contributed by atoms with van der Waals surface area (Å²) in [6, 6.07) is 0.790. The van der Waals surface area contributed by atoms with Crippen molar-refractivity contribution in [1.82, 2.24) is 0 Å². The highest BCUT2D eigenvalue weighted by Crippen LogP contribution is 2.18. The van der Waals surface area contributed by atoms with Gasteiger partial charge >= 0.3 is 0 Å². The second-order valence-corrected chi connectivity index (χ2v) is 16.9. The summed E-state index contributed by atoms with van der Waals surface area (Å²) in [4.78, 5) is 0. The average molecular weight is 698 g/mol. The molecule has 0 heterocycles. The largest absolute Gasteiger partial charge is 0.313 e. The summed E-state index contributed by atoms with van der Waals surface area (Å²) in [6.45, 7) is 7.18. The Labute approximate surface area is 311 Å². The summed E-state index contributed by atoms with van der Waals surface area (Å²) < 4.78 is 1.08. The van der Waals surface area contributed by atoms with Crippen molar-refractivity contribution in [2.45, 2.75) is 271 Å². The fourth-order valence-corrected chi connectivity index (χ4v) is 7.97. The van der Waals surface area contributed by atoms with Gasteiger partial charge in [0.2, 0.25) is 0 Å². The second kappa shape index (κ2) is 41.7. The van der Waals surface area contributed by atoms with Crippen molar-refractivity contribution in [2.24, 2.45) is 0 Å². The van der Waals surface area contributed by atoms with Gasteiger partial charge in [-0.2, -0.15) is 0 Å². The van der Waals surface area contributed by atoms with Crippen molar-refractivity contribution >= 4 is 11.6 Å². The molecule has 0 aliphatic rings. The molecule has 0 aliphatic heterocycles. The molecule has 0 unspecified atom stereocenters. The standard InChI is InChI=1S/C46H95ClN/c1-4-6-8-10-12-14-16-18-20-22-24-26-28-30-32-34-36-38-40-42-44-48(3,46-47)45-43-41-39-37-35-33-31-29-27-25-23-21-19-17-15-13-11-9-7-5-2/h4-46H2,1-3H3/q+1. The van der Waals surface area contributed by atoms with Crippen LogP contribution < -0.4 is 0 Å². The van der Waals surface area contributed by atoms with Crippen LogP contribution in [-0.2, 0) is 0 Å². The van der Waals surface area contributed by atoms with E-state index in [1.807, 2.05) is 0 Å². The summed E-state index contributed by atoms with van der Waals surface area (Å²) in [5, 5.41) is 0. The predicted octanol–water partition coefficient (Wildman–Crippen LogP) is 17.3. The van der Waals surface area contributed by atoms with Crippen LogP contribution in [0.4, 0.5) is 0 Å². The van der Waals surface area contributed by atoms with Gasteiger partial charge in [-0.25, -0.2) is 0 Å². The van der Waals surface area contributed by atoms with Crippen molar-refractivity contribution in [3.63, 3.8) is 0 Å². The lowest BCUT2D eigenvalue weighted by atomic mass is 10.0. The Hall–Kier alpha value is 0.250. The maximum absolute atomic E-state index is 6.46. The van der Waals surface area contributed by atoms with Crippen LogP contribution >= 0.6 is 11.6 Å². The monoisotopic (exact) mass is 697 g/mol. The molecule has 0 bridgehead atoms. The molecule has 0 aromatic heterocycles. The predicted molar refractivity (Wildman–Crippen MR) is 223 cm³/mol. The molecule has 0 atom stereocenters. The topological polar surface area (TPSA) is 0 Å². The lowest BCUT2D eigenvalue weighted by Crippen LogP contribution is -2.44. The van der Waals surface area contributed by atoms with E-state index in [4.69, 9.17) is 11.6 Å². The first kappa shape index (κ1) is 48.2. The number of hydrogen-bond donors (Lipinski definition) is 0. The summed E-state index contributed by atoms with van der Waals surface area (Å²) in [5.41, 5.74) is 0. The zero-order valence-electron chi connectivity index (χ0n) is 34.2. The molecule has 0 aromatic carbocycles. The van der Waals surface area contributed by atoms with Gasteiger partial charge in [-0.3, -0.25) is 0 Å². The minimum atomic E-state index is 0.790. The van der Waals surface area contributed by atoms with Gasteiger partial charge in [-0.05, 0) is 25.7 Å². The van der Waals surface area contributed by atoms with Crippen LogP contribution in [0.15, 0.2) is 0 Å². The lowest BCUT2D eigenvalue weighted by molar-refractivity contribution is -0.899. The van der Waals surface area contributed by atoms with E-state index >= 15 is 0 Å². The number of hydrogen-bond acceptors (Lipinski definition) is 0. The maximum atomic E-state index is 6.46. The number of alkyl halides is 1. The molecule has 48 heavy (non-hydrogen) atoms. The molecule has 1 nitrogen and oxygen atoms in total. The van der Waals surface area contributed by atoms with Crippen molar-refractivity contribution < 1.29 is 4.48 Å². The van der Waals surface area contributed by atoms with Crippen LogP contribution in [0.25, 0.3) is 0 Å². The van der Waals surface area contributed by atoms with Crippen molar-refractivity contribution in [3.05, 3.63) is 0 Å². The van der Waals surface area contributed by atoms with E-state index in [2.05, 4.69) is 20.9 Å². The smallest absolute Gasteiger partial charge is 0.154 e. The third-order valence-electron chi connectivity index (χ3n) is 11.4. The molecule has 0 amide bonds. The second-order valence-electron chi connectivity index (χ2n) is 16.6. The first-order chi connectivity index (χ1) is 23.7. The quantitative estimate of drug-likeness (QED) is 0.0258. The summed E-state index contributed by atoms with van der Waals surface area (Å²) in [5.74, 6) is 0. The highest BCUT2D eigenvalue weighted by atomic mass is 35.5. The number of quaternary nitrogens is 1. The maximum Gasteiger partial charge on any atom is 0.154 e. The van der Waals surface area contributed by atoms with Gasteiger partial charge in [0.1, 0.15) is 0 Å². The SMILES string of the molecule is CCCCCCCCCCCCCCCCCCCCCC[N+](C)(CCl)CCCCCCCCCCCCCCCCCCCCCC. The highest BCUT2D eigenvalue weighted by Gasteiger charge is 2.18. The van der Waals surface area contributed by atoms with Gasteiger partial charge in [-0.1, -0.05) is 257 Å². The van der Waals surface area contributed by atoms with Gasteiger partial charge in [0.05, 0.1) is 20.1 Å². The Morgan fingerprint density at radius 2 is 0.396 bits per heavy atom. The number of halogens is 1. The van der Waals surface area contributed by atoms with Crippen LogP contribution in [0.3, 0.4) is 0 Å². The molecular formula is C46H95ClN+. The lowest BCUT2D eigenvalue weighted by Gasteiger charge is -2.32. The van der Waals surface area contributed by atoms with Crippen LogP contribution in [0.2, 0.25) is 0 Å². The molecule has 0 spiro atoms. The van der Waals surface area contributed by atoms with E-state index in [-0.39, 0.29) is 0 Å². The molecule has 0 radical (unpaired) electrons. The first-order valence-electron chi connectivity index (χ1n) is 23.1. The summed E-state index contributed by atoms with van der Waals surface area (Å²) in [6.07, 6.45) is 58.2. The van der Waals surface area contributed by atoms with Crippen LogP contribution in [0.1, 0.15) is 271 Å². The van der Waals surface area contributed by atoms with Crippen molar-refractivity contribution in [1.29, 1.82) is 0 Å². The fraction of sp³-hybridized carbons (Fsp3) is 1.00. The summed E-state index contributed by atoms with van der Waals surface area (Å²) in [7, 11) is 2.40. The molecule has 0 N–H and O–H groups in total. The highest BCUT2D eigenvalue weighted by molar-refractivity contribution is 6.16. The minimum absolute atomic E-state index is 0.790. The molecule has 0 saturated carbocycles. The number of unbranched alkanes of at least 4 members (excludes halogenated alkanes) is 38. The van der Waals surface area contributed by atoms with E-state index in [0.717, 1.165) is 10.5 Å². The van der Waals surface area contributed by atoms with Gasteiger partial charge in [0.25, 0.3) is 0 Å². The van der Waals surface area contributed by atoms with Crippen molar-refractivity contribution in [3.8, 4) is 0 Å². The fourth-order valence-electron chi connectivity index (χ4n) is 7.73. The van der Waals surface area contributed by atoms with Crippen LogP contribution in [0.5, 0.6) is 0 Å². The van der Waals surface area contributed by atoms with Gasteiger partial charge < -0.3 is 4.48 Å². The number of nitrogens with zero attached hydrogens (tertiary/aromatic N) is 1. The molecule has 0 aliphatic carbocycles. The Bertz CT molecular complexity index is 518. The Morgan fingerprint density at radius 1 is 0.250 bits per heavy atom. The van der Waals surface area contributed by atoms with Gasteiger partial charge in [-0.15, -0.1) is 0 Å². The van der Waals surface area contributed by atoms with E-state index in [0.29, 0.717) is 0 Å². The zero-order valence-corrected chi connectivity index (χ0v) is 35.0. The van der Waals surface area contributed by atoms with Crippen LogP contribution in [0, 0.1) is 0 Å². The third-order valence-corrected chi connectivity index (χ3v) is 12.0. The Kier molecular flexibility index (Phi) is 41.9. The molecule has 0 aromatic rings. The normalized spacial score (nSPS) is 12.0. The van der Waals surface area contributed by atoms with E-state index in [1.165, 1.54) is 270 Å². The van der Waals surface area contributed by atoms with Crippen LogP contribution in [-0.4, -0.2) is 30.6 Å². The first-order valence-corrected chi connectivity index (χ1v) is 23.6. The van der Waals surface area contributed by atoms with E-state index in [1.54, 1.807) is 0 Å². The average Bonchev–Trinajstić information content (AvgIpc) is 3.10.